The SMILES string of the molecule is Cc1c(NC(=O)C(C)SCC(=O)NC(C)c2ccc(F)c(F)c2)c(=O)n(-c2ccccc2)n1C. The minimum Gasteiger partial charge on any atom is -0.349 e. The highest BCUT2D eigenvalue weighted by atomic mass is 32.2. The summed E-state index contributed by atoms with van der Waals surface area (Å²) >= 11 is 1.10. The van der Waals surface area contributed by atoms with Crippen LogP contribution in [-0.2, 0) is 16.6 Å². The molecular formula is C24H26F2N4O3S. The zero-order valence-corrected chi connectivity index (χ0v) is 20.1. The molecule has 0 aliphatic rings. The number of rotatable bonds is 8. The van der Waals surface area contributed by atoms with Crippen LogP contribution in [0.25, 0.3) is 5.69 Å². The number of nitrogens with zero attached hydrogens (tertiary/aromatic N) is 2. The van der Waals surface area contributed by atoms with E-state index in [1.807, 2.05) is 18.2 Å². The number of aromatic nitrogens is 2. The lowest BCUT2D eigenvalue weighted by atomic mass is 10.1. The highest BCUT2D eigenvalue weighted by molar-refractivity contribution is 8.01. The molecule has 0 spiro atoms. The first kappa shape index (κ1) is 25.2. The molecule has 180 valence electrons. The zero-order chi connectivity index (χ0) is 25.0. The third-order valence-electron chi connectivity index (χ3n) is 5.46. The Bertz CT molecular complexity index is 1260. The summed E-state index contributed by atoms with van der Waals surface area (Å²) in [6, 6.07) is 12.0. The number of amides is 2. The molecule has 2 atom stereocenters. The second-order valence-corrected chi connectivity index (χ2v) is 9.17. The maximum Gasteiger partial charge on any atom is 0.295 e. The predicted molar refractivity (Wildman–Crippen MR) is 129 cm³/mol. The molecule has 10 heteroatoms. The lowest BCUT2D eigenvalue weighted by Crippen LogP contribution is -2.31. The topological polar surface area (TPSA) is 85.1 Å². The molecule has 34 heavy (non-hydrogen) atoms. The molecular weight excluding hydrogens is 462 g/mol. The Labute approximate surface area is 200 Å². The molecule has 3 aromatic rings. The summed E-state index contributed by atoms with van der Waals surface area (Å²) < 4.78 is 29.6. The molecule has 0 radical (unpaired) electrons. The molecule has 0 saturated carbocycles. The highest BCUT2D eigenvalue weighted by Crippen LogP contribution is 2.19. The van der Waals surface area contributed by atoms with E-state index in [2.05, 4.69) is 10.6 Å². The normalized spacial score (nSPS) is 12.8. The van der Waals surface area contributed by atoms with E-state index in [1.54, 1.807) is 44.6 Å². The zero-order valence-electron chi connectivity index (χ0n) is 19.3. The van der Waals surface area contributed by atoms with E-state index < -0.39 is 28.8 Å². The minimum absolute atomic E-state index is 0.0232. The van der Waals surface area contributed by atoms with E-state index in [1.165, 1.54) is 10.7 Å². The monoisotopic (exact) mass is 488 g/mol. The lowest BCUT2D eigenvalue weighted by molar-refractivity contribution is -0.119. The van der Waals surface area contributed by atoms with E-state index in [4.69, 9.17) is 0 Å². The Hall–Kier alpha value is -3.40. The van der Waals surface area contributed by atoms with E-state index >= 15 is 0 Å². The minimum atomic E-state index is -0.985. The third-order valence-corrected chi connectivity index (χ3v) is 6.60. The van der Waals surface area contributed by atoms with Crippen molar-refractivity contribution in [1.82, 2.24) is 14.7 Å². The van der Waals surface area contributed by atoms with Gasteiger partial charge in [-0.2, -0.15) is 0 Å². The average molecular weight is 489 g/mol. The fraction of sp³-hybridized carbons (Fsp3) is 0.292. The molecule has 1 heterocycles. The number of hydrogen-bond acceptors (Lipinski definition) is 4. The maximum atomic E-state index is 13.4. The Balaban J connectivity index is 1.60. The lowest BCUT2D eigenvalue weighted by Gasteiger charge is -2.16. The van der Waals surface area contributed by atoms with Gasteiger partial charge in [0.2, 0.25) is 11.8 Å². The van der Waals surface area contributed by atoms with Gasteiger partial charge in [-0.05, 0) is 50.6 Å². The predicted octanol–water partition coefficient (Wildman–Crippen LogP) is 3.70. The summed E-state index contributed by atoms with van der Waals surface area (Å²) in [5.41, 5.74) is 1.53. The van der Waals surface area contributed by atoms with Gasteiger partial charge in [0.25, 0.3) is 5.56 Å². The third kappa shape index (κ3) is 5.56. The first-order chi connectivity index (χ1) is 16.1. The Morgan fingerprint density at radius 3 is 2.38 bits per heavy atom. The number of nitrogens with one attached hydrogen (secondary N) is 2. The van der Waals surface area contributed by atoms with E-state index in [0.717, 1.165) is 23.9 Å². The van der Waals surface area contributed by atoms with E-state index in [0.29, 0.717) is 16.9 Å². The van der Waals surface area contributed by atoms with E-state index in [9.17, 15) is 23.2 Å². The summed E-state index contributed by atoms with van der Waals surface area (Å²) in [7, 11) is 1.73. The van der Waals surface area contributed by atoms with Crippen LogP contribution in [0.5, 0.6) is 0 Å². The standard InChI is InChI=1S/C24H26F2N4O3S/c1-14(17-10-11-19(25)20(26)12-17)27-21(31)13-34-16(3)23(32)28-22-15(2)29(4)30(24(22)33)18-8-6-5-7-9-18/h5-12,14,16H,13H2,1-4H3,(H,27,31)(H,28,32). The fourth-order valence-corrected chi connectivity index (χ4v) is 4.06. The van der Waals surface area contributed by atoms with Crippen molar-refractivity contribution in [2.24, 2.45) is 7.05 Å². The Morgan fingerprint density at radius 1 is 1.06 bits per heavy atom. The summed E-state index contributed by atoms with van der Waals surface area (Å²) in [6.45, 7) is 5.03. The van der Waals surface area contributed by atoms with E-state index in [-0.39, 0.29) is 22.9 Å². The second-order valence-electron chi connectivity index (χ2n) is 7.84. The van der Waals surface area contributed by atoms with Gasteiger partial charge in [0.1, 0.15) is 5.69 Å². The van der Waals surface area contributed by atoms with Gasteiger partial charge < -0.3 is 10.6 Å². The average Bonchev–Trinajstić information content (AvgIpc) is 3.02. The van der Waals surface area contributed by atoms with Crippen LogP contribution in [0.2, 0.25) is 0 Å². The number of benzene rings is 2. The number of para-hydroxylation sites is 1. The molecule has 0 bridgehead atoms. The summed E-state index contributed by atoms with van der Waals surface area (Å²) in [6.07, 6.45) is 0. The van der Waals surface area contributed by atoms with Gasteiger partial charge in [-0.1, -0.05) is 24.3 Å². The molecule has 2 amide bonds. The molecule has 1 aromatic heterocycles. The van der Waals surface area contributed by atoms with Gasteiger partial charge in [-0.3, -0.25) is 19.1 Å². The van der Waals surface area contributed by atoms with Crippen LogP contribution in [0.15, 0.2) is 53.3 Å². The summed E-state index contributed by atoms with van der Waals surface area (Å²) in [5, 5.41) is 4.77. The van der Waals surface area contributed by atoms with Crippen LogP contribution in [0.4, 0.5) is 14.5 Å². The van der Waals surface area contributed by atoms with Crippen molar-refractivity contribution in [1.29, 1.82) is 0 Å². The molecule has 0 aliphatic carbocycles. The number of hydrogen-bond donors (Lipinski definition) is 2. The van der Waals surface area contributed by atoms with Crippen LogP contribution in [0.1, 0.15) is 31.1 Å². The van der Waals surface area contributed by atoms with Crippen LogP contribution in [0, 0.1) is 18.6 Å². The van der Waals surface area contributed by atoms with Crippen LogP contribution >= 0.6 is 11.8 Å². The van der Waals surface area contributed by atoms with Gasteiger partial charge in [-0.15, -0.1) is 11.8 Å². The van der Waals surface area contributed by atoms with Crippen LogP contribution < -0.4 is 16.2 Å². The van der Waals surface area contributed by atoms with Gasteiger partial charge >= 0.3 is 0 Å². The number of thioether (sulfide) groups is 1. The van der Waals surface area contributed by atoms with Crippen molar-refractivity contribution in [2.45, 2.75) is 32.1 Å². The number of carbonyl (C=O) groups is 2. The molecule has 2 aromatic carbocycles. The molecule has 0 saturated heterocycles. The van der Waals surface area contributed by atoms with Gasteiger partial charge in [0.15, 0.2) is 11.6 Å². The summed E-state index contributed by atoms with van der Waals surface area (Å²) in [4.78, 5) is 37.9. The second kappa shape index (κ2) is 10.7. The van der Waals surface area contributed by atoms with Gasteiger partial charge in [0.05, 0.1) is 28.4 Å². The fourth-order valence-electron chi connectivity index (χ4n) is 3.36. The van der Waals surface area contributed by atoms with Crippen molar-refractivity contribution in [2.75, 3.05) is 11.1 Å². The van der Waals surface area contributed by atoms with Crippen molar-refractivity contribution >= 4 is 29.3 Å². The van der Waals surface area contributed by atoms with Crippen molar-refractivity contribution in [3.8, 4) is 5.69 Å². The molecule has 7 nitrogen and oxygen atoms in total. The van der Waals surface area contributed by atoms with Crippen LogP contribution in [-0.4, -0.2) is 32.2 Å². The smallest absolute Gasteiger partial charge is 0.295 e. The number of carbonyl (C=O) groups excluding carboxylic acids is 2. The van der Waals surface area contributed by atoms with Crippen molar-refractivity contribution < 1.29 is 18.4 Å². The molecule has 3 rings (SSSR count). The van der Waals surface area contributed by atoms with Gasteiger partial charge in [0, 0.05) is 7.05 Å². The summed E-state index contributed by atoms with van der Waals surface area (Å²) in [5.74, 6) is -2.73. The number of anilines is 1. The molecule has 0 fully saturated rings. The first-order valence-electron chi connectivity index (χ1n) is 10.6. The van der Waals surface area contributed by atoms with Crippen LogP contribution in [0.3, 0.4) is 0 Å². The molecule has 2 N–H and O–H groups in total. The quantitative estimate of drug-likeness (QED) is 0.506. The van der Waals surface area contributed by atoms with Gasteiger partial charge in [-0.25, -0.2) is 13.5 Å². The first-order valence-corrected chi connectivity index (χ1v) is 11.7. The largest absolute Gasteiger partial charge is 0.349 e. The maximum absolute atomic E-state index is 13.4. The van der Waals surface area contributed by atoms with Crippen molar-refractivity contribution in [3.63, 3.8) is 0 Å². The number of halogens is 2. The Kier molecular flexibility index (Phi) is 7.93. The van der Waals surface area contributed by atoms with Crippen molar-refractivity contribution in [3.05, 3.63) is 81.8 Å². The molecule has 0 aliphatic heterocycles. The Morgan fingerprint density at radius 2 is 1.74 bits per heavy atom. The highest BCUT2D eigenvalue weighted by Gasteiger charge is 2.22. The molecule has 2 unspecified atom stereocenters.